The maximum absolute atomic E-state index is 9.19. The van der Waals surface area contributed by atoms with Gasteiger partial charge in [-0.2, -0.15) is 0 Å². The number of aromatic nitrogens is 1. The number of nitrogens with two attached hydrogens (primary N) is 1. The third-order valence-corrected chi connectivity index (χ3v) is 3.22. The van der Waals surface area contributed by atoms with Crippen molar-refractivity contribution < 1.29 is 10.2 Å². The number of halogens is 1. The van der Waals surface area contributed by atoms with Crippen LogP contribution in [0.4, 0.5) is 5.13 Å². The molecule has 17 heavy (non-hydrogen) atoms. The molecule has 5 nitrogen and oxygen atoms in total. The fraction of sp³-hybridized carbons (Fsp3) is 0.700. The van der Waals surface area contributed by atoms with Gasteiger partial charge in [0.05, 0.1) is 13.2 Å². The normalized spacial score (nSPS) is 11.6. The van der Waals surface area contributed by atoms with E-state index in [0.29, 0.717) is 11.7 Å². The molecule has 0 aromatic carbocycles. The summed E-state index contributed by atoms with van der Waals surface area (Å²) in [6, 6.07) is 0. The molecule has 0 amide bonds. The highest BCUT2D eigenvalue weighted by Crippen LogP contribution is 2.20. The molecule has 0 saturated carbocycles. The number of aliphatic hydroxyl groups is 2. The van der Waals surface area contributed by atoms with Crippen LogP contribution in [-0.2, 0) is 6.54 Å². The maximum Gasteiger partial charge on any atom is 0.180 e. The first-order chi connectivity index (χ1) is 7.49. The smallest absolute Gasteiger partial charge is 0.180 e. The Bertz CT molecular complexity index is 331. The Hall–Kier alpha value is -0.400. The van der Waals surface area contributed by atoms with Crippen molar-refractivity contribution in [2.24, 2.45) is 5.41 Å². The maximum atomic E-state index is 9.19. The van der Waals surface area contributed by atoms with Crippen molar-refractivity contribution in [3.8, 4) is 0 Å². The number of nitrogen functional groups attached to an aromatic ring is 1. The lowest BCUT2D eigenvalue weighted by Gasteiger charge is -2.29. The minimum Gasteiger partial charge on any atom is -0.396 e. The van der Waals surface area contributed by atoms with Crippen LogP contribution < -0.4 is 5.73 Å². The largest absolute Gasteiger partial charge is 0.396 e. The summed E-state index contributed by atoms with van der Waals surface area (Å²) in [4.78, 5) is 7.10. The summed E-state index contributed by atoms with van der Waals surface area (Å²) >= 11 is 1.46. The van der Waals surface area contributed by atoms with E-state index in [2.05, 4.69) is 4.98 Å². The van der Waals surface area contributed by atoms with Gasteiger partial charge in [-0.15, -0.1) is 23.7 Å². The van der Waals surface area contributed by atoms with Crippen molar-refractivity contribution in [3.63, 3.8) is 0 Å². The van der Waals surface area contributed by atoms with Gasteiger partial charge in [0, 0.05) is 29.6 Å². The summed E-state index contributed by atoms with van der Waals surface area (Å²) < 4.78 is 0. The number of nitrogens with zero attached hydrogens (tertiary/aromatic N) is 2. The number of anilines is 1. The molecule has 4 N–H and O–H groups in total. The Balaban J connectivity index is 0.00000256. The molecule has 0 aliphatic carbocycles. The molecule has 7 heteroatoms. The van der Waals surface area contributed by atoms with E-state index in [4.69, 9.17) is 5.73 Å². The standard InChI is InChI=1S/C10H19N3O2S.ClH/c1-10(6-14,7-15)5-13(2)4-8-3-12-9(11)16-8;/h3,14-15H,4-7H2,1-2H3,(H2,11,12);1H. The van der Waals surface area contributed by atoms with Gasteiger partial charge in [0.25, 0.3) is 0 Å². The third-order valence-electron chi connectivity index (χ3n) is 2.41. The Kier molecular flexibility index (Phi) is 6.96. The van der Waals surface area contributed by atoms with E-state index in [1.807, 2.05) is 18.9 Å². The minimum atomic E-state index is -0.467. The van der Waals surface area contributed by atoms with Crippen LogP contribution in [0.3, 0.4) is 0 Å². The lowest BCUT2D eigenvalue weighted by molar-refractivity contribution is 0.0404. The van der Waals surface area contributed by atoms with Crippen molar-refractivity contribution in [2.45, 2.75) is 13.5 Å². The first-order valence-electron chi connectivity index (χ1n) is 5.09. The molecule has 1 rings (SSSR count). The van der Waals surface area contributed by atoms with Crippen molar-refractivity contribution in [2.75, 3.05) is 32.5 Å². The molecule has 100 valence electrons. The number of aliphatic hydroxyl groups excluding tert-OH is 2. The molecule has 0 fully saturated rings. The van der Waals surface area contributed by atoms with Gasteiger partial charge in [0.15, 0.2) is 5.13 Å². The lowest BCUT2D eigenvalue weighted by atomic mass is 9.92. The SMILES string of the molecule is CN(Cc1cnc(N)s1)CC(C)(CO)CO.Cl. The summed E-state index contributed by atoms with van der Waals surface area (Å²) in [5.41, 5.74) is 5.08. The first-order valence-corrected chi connectivity index (χ1v) is 5.91. The minimum absolute atomic E-state index is 0. The Morgan fingerprint density at radius 1 is 1.47 bits per heavy atom. The van der Waals surface area contributed by atoms with Crippen LogP contribution in [0.2, 0.25) is 0 Å². The first kappa shape index (κ1) is 16.6. The highest BCUT2D eigenvalue weighted by Gasteiger charge is 2.24. The zero-order valence-corrected chi connectivity index (χ0v) is 11.7. The van der Waals surface area contributed by atoms with Crippen LogP contribution in [0.1, 0.15) is 11.8 Å². The average molecular weight is 282 g/mol. The third kappa shape index (κ3) is 5.18. The molecule has 0 saturated heterocycles. The second-order valence-electron chi connectivity index (χ2n) is 4.46. The average Bonchev–Trinajstić information content (AvgIpc) is 2.63. The Labute approximate surface area is 112 Å². The summed E-state index contributed by atoms with van der Waals surface area (Å²) in [6.45, 7) is 3.14. The van der Waals surface area contributed by atoms with Crippen LogP contribution in [-0.4, -0.2) is 46.9 Å². The number of hydrogen-bond acceptors (Lipinski definition) is 6. The molecule has 0 spiro atoms. The molecule has 0 radical (unpaired) electrons. The molecule has 1 heterocycles. The van der Waals surface area contributed by atoms with Crippen LogP contribution >= 0.6 is 23.7 Å². The van der Waals surface area contributed by atoms with Gasteiger partial charge < -0.3 is 20.8 Å². The second-order valence-corrected chi connectivity index (χ2v) is 5.61. The van der Waals surface area contributed by atoms with Gasteiger partial charge >= 0.3 is 0 Å². The highest BCUT2D eigenvalue weighted by molar-refractivity contribution is 7.15. The topological polar surface area (TPSA) is 82.6 Å². The number of rotatable bonds is 6. The summed E-state index contributed by atoms with van der Waals surface area (Å²) in [6.07, 6.45) is 1.76. The van der Waals surface area contributed by atoms with Crippen LogP contribution in [0.5, 0.6) is 0 Å². The molecule has 1 aromatic heterocycles. The zero-order valence-electron chi connectivity index (χ0n) is 10.1. The molecule has 0 aliphatic rings. The molecule has 1 aromatic rings. The number of thiazole rings is 1. The van der Waals surface area contributed by atoms with Gasteiger partial charge in [0.1, 0.15) is 0 Å². The predicted molar refractivity (Wildman–Crippen MR) is 72.4 cm³/mol. The van der Waals surface area contributed by atoms with Crippen molar-refractivity contribution in [3.05, 3.63) is 11.1 Å². The van der Waals surface area contributed by atoms with E-state index >= 15 is 0 Å². The Morgan fingerprint density at radius 3 is 2.47 bits per heavy atom. The van der Waals surface area contributed by atoms with Crippen LogP contribution in [0.25, 0.3) is 0 Å². The molecule has 0 atom stereocenters. The fourth-order valence-corrected chi connectivity index (χ4v) is 2.28. The summed E-state index contributed by atoms with van der Waals surface area (Å²) in [5.74, 6) is 0. The van der Waals surface area contributed by atoms with E-state index in [1.165, 1.54) is 11.3 Å². The number of hydrogen-bond donors (Lipinski definition) is 3. The van der Waals surface area contributed by atoms with Gasteiger partial charge in [-0.3, -0.25) is 0 Å². The summed E-state index contributed by atoms with van der Waals surface area (Å²) in [5, 5.41) is 18.9. The lowest BCUT2D eigenvalue weighted by Crippen LogP contribution is -2.38. The van der Waals surface area contributed by atoms with E-state index in [1.54, 1.807) is 6.20 Å². The zero-order chi connectivity index (χ0) is 12.2. The van der Waals surface area contributed by atoms with Crippen molar-refractivity contribution in [1.82, 2.24) is 9.88 Å². The highest BCUT2D eigenvalue weighted by atomic mass is 35.5. The molecule has 0 unspecified atom stereocenters. The van der Waals surface area contributed by atoms with E-state index in [-0.39, 0.29) is 25.6 Å². The molecule has 0 aliphatic heterocycles. The van der Waals surface area contributed by atoms with Crippen LogP contribution in [0.15, 0.2) is 6.20 Å². The monoisotopic (exact) mass is 281 g/mol. The second kappa shape index (κ2) is 7.13. The molecule has 0 bridgehead atoms. The van der Waals surface area contributed by atoms with Gasteiger partial charge in [0.2, 0.25) is 0 Å². The van der Waals surface area contributed by atoms with Gasteiger partial charge in [-0.25, -0.2) is 4.98 Å². The Morgan fingerprint density at radius 2 is 2.06 bits per heavy atom. The van der Waals surface area contributed by atoms with Gasteiger partial charge in [-0.1, -0.05) is 6.92 Å². The van der Waals surface area contributed by atoms with Crippen LogP contribution in [0, 0.1) is 5.41 Å². The summed E-state index contributed by atoms with van der Waals surface area (Å²) in [7, 11) is 1.94. The van der Waals surface area contributed by atoms with E-state index in [0.717, 1.165) is 11.4 Å². The molecular formula is C10H20ClN3O2S. The predicted octanol–water partition coefficient (Wildman–Crippen LogP) is 0.570. The van der Waals surface area contributed by atoms with Crippen molar-refractivity contribution in [1.29, 1.82) is 0 Å². The molecular weight excluding hydrogens is 262 g/mol. The van der Waals surface area contributed by atoms with Crippen molar-refractivity contribution >= 4 is 28.9 Å². The van der Waals surface area contributed by atoms with E-state index in [9.17, 15) is 10.2 Å². The van der Waals surface area contributed by atoms with E-state index < -0.39 is 5.41 Å². The quantitative estimate of drug-likeness (QED) is 0.710. The fourth-order valence-electron chi connectivity index (χ4n) is 1.52. The van der Waals surface area contributed by atoms with Gasteiger partial charge in [-0.05, 0) is 7.05 Å².